The first-order chi connectivity index (χ1) is 23.0. The predicted molar refractivity (Wildman–Crippen MR) is 184 cm³/mol. The molecule has 10 heteroatoms. The molecule has 4 aromatic carbocycles. The van der Waals surface area contributed by atoms with Crippen molar-refractivity contribution in [3.63, 3.8) is 0 Å². The van der Waals surface area contributed by atoms with Gasteiger partial charge in [-0.15, -0.1) is 5.10 Å². The standard InChI is InChI=1S/C37H33FN6O2S/c1-3-46-32-20-12-10-18-30(32)40-35(45)33-24(2)39-36-41-37(47-23-26-15-7-9-17-29(26)38)42-44(36)34(33)28-22-43(21-25-13-5-4-6-14-25)31-19-11-8-16-27(28)31/h4-20,22,34H,3,21,23H2,1-2H3,(H,40,45)(H,39,41,42). The van der Waals surface area contributed by atoms with Gasteiger partial charge in [-0.1, -0.05) is 90.6 Å². The second-order valence-electron chi connectivity index (χ2n) is 11.2. The first-order valence-electron chi connectivity index (χ1n) is 15.5. The summed E-state index contributed by atoms with van der Waals surface area (Å²) in [4.78, 5) is 19.1. The maximum absolute atomic E-state index is 14.4. The number of hydrogen-bond acceptors (Lipinski definition) is 6. The predicted octanol–water partition coefficient (Wildman–Crippen LogP) is 8.04. The Morgan fingerprint density at radius 2 is 1.72 bits per heavy atom. The van der Waals surface area contributed by atoms with Crippen molar-refractivity contribution in [1.29, 1.82) is 0 Å². The summed E-state index contributed by atoms with van der Waals surface area (Å²) in [6.45, 7) is 4.91. The van der Waals surface area contributed by atoms with E-state index in [0.717, 1.165) is 22.0 Å². The van der Waals surface area contributed by atoms with Crippen molar-refractivity contribution in [3.05, 3.63) is 143 Å². The number of nitrogens with zero attached hydrogens (tertiary/aromatic N) is 4. The van der Waals surface area contributed by atoms with Crippen LogP contribution < -0.4 is 15.4 Å². The van der Waals surface area contributed by atoms with Crippen LogP contribution in [0.5, 0.6) is 5.75 Å². The van der Waals surface area contributed by atoms with Crippen molar-refractivity contribution < 1.29 is 13.9 Å². The Morgan fingerprint density at radius 1 is 0.979 bits per heavy atom. The van der Waals surface area contributed by atoms with E-state index in [9.17, 15) is 9.18 Å². The summed E-state index contributed by atoms with van der Waals surface area (Å²) < 4.78 is 24.2. The topological polar surface area (TPSA) is 86.0 Å². The van der Waals surface area contributed by atoms with Crippen LogP contribution in [0.4, 0.5) is 16.0 Å². The molecule has 0 saturated heterocycles. The first-order valence-corrected chi connectivity index (χ1v) is 16.4. The number of thioether (sulfide) groups is 1. The summed E-state index contributed by atoms with van der Waals surface area (Å²) >= 11 is 1.35. The van der Waals surface area contributed by atoms with E-state index in [1.165, 1.54) is 17.8 Å². The molecule has 8 nitrogen and oxygen atoms in total. The second-order valence-corrected chi connectivity index (χ2v) is 12.1. The zero-order valence-electron chi connectivity index (χ0n) is 26.0. The van der Waals surface area contributed by atoms with Crippen LogP contribution in [-0.2, 0) is 17.1 Å². The summed E-state index contributed by atoms with van der Waals surface area (Å²) in [5.74, 6) is 0.915. The molecule has 1 aliphatic rings. The average Bonchev–Trinajstić information content (AvgIpc) is 3.66. The molecule has 3 heterocycles. The lowest BCUT2D eigenvalue weighted by atomic mass is 9.94. The van der Waals surface area contributed by atoms with Crippen LogP contribution in [0.2, 0.25) is 0 Å². The fraction of sp³-hybridized carbons (Fsp3) is 0.162. The number of halogens is 1. The van der Waals surface area contributed by atoms with Gasteiger partial charge in [-0.2, -0.15) is 4.98 Å². The molecule has 2 aromatic heterocycles. The Morgan fingerprint density at radius 3 is 2.55 bits per heavy atom. The summed E-state index contributed by atoms with van der Waals surface area (Å²) in [6, 6.07) is 32.0. The molecule has 0 spiro atoms. The molecule has 1 aliphatic heterocycles. The molecule has 7 rings (SSSR count). The molecule has 0 fully saturated rings. The van der Waals surface area contributed by atoms with Gasteiger partial charge in [0.25, 0.3) is 5.91 Å². The number of hydrogen-bond donors (Lipinski definition) is 2. The highest BCUT2D eigenvalue weighted by atomic mass is 32.2. The van der Waals surface area contributed by atoms with Crippen molar-refractivity contribution in [2.45, 2.75) is 37.3 Å². The number of benzene rings is 4. The SMILES string of the molecule is CCOc1ccccc1NC(=O)C1=C(C)Nc2nc(SCc3ccccc3F)nn2C1c1cn(Cc2ccccc2)c2ccccc12. The van der Waals surface area contributed by atoms with Crippen molar-refractivity contribution in [3.8, 4) is 5.75 Å². The second kappa shape index (κ2) is 13.2. The number of amides is 1. The lowest BCUT2D eigenvalue weighted by Crippen LogP contribution is -2.31. The van der Waals surface area contributed by atoms with Crippen LogP contribution in [0.25, 0.3) is 10.9 Å². The maximum Gasteiger partial charge on any atom is 0.255 e. The summed E-state index contributed by atoms with van der Waals surface area (Å²) in [5.41, 5.74) is 5.43. The highest BCUT2D eigenvalue weighted by Crippen LogP contribution is 2.41. The Kier molecular flexibility index (Phi) is 8.50. The minimum absolute atomic E-state index is 0.269. The van der Waals surface area contributed by atoms with E-state index in [-0.39, 0.29) is 11.7 Å². The molecular formula is C37H33FN6O2S. The third kappa shape index (κ3) is 6.12. The quantitative estimate of drug-likeness (QED) is 0.147. The van der Waals surface area contributed by atoms with Gasteiger partial charge in [-0.05, 0) is 49.2 Å². The number of carbonyl (C=O) groups excluding carboxylic acids is 1. The highest BCUT2D eigenvalue weighted by Gasteiger charge is 2.36. The maximum atomic E-state index is 14.4. The number of carbonyl (C=O) groups is 1. The molecule has 1 unspecified atom stereocenters. The Hall–Kier alpha value is -5.35. The Labute approximate surface area is 276 Å². The molecule has 0 bridgehead atoms. The largest absolute Gasteiger partial charge is 0.492 e. The van der Waals surface area contributed by atoms with Gasteiger partial charge in [-0.3, -0.25) is 4.79 Å². The summed E-state index contributed by atoms with van der Waals surface area (Å²) in [5, 5.41) is 12.8. The van der Waals surface area contributed by atoms with Crippen molar-refractivity contribution in [2.75, 3.05) is 17.2 Å². The van der Waals surface area contributed by atoms with E-state index in [2.05, 4.69) is 45.7 Å². The van der Waals surface area contributed by atoms with Gasteiger partial charge in [0, 0.05) is 40.7 Å². The van der Waals surface area contributed by atoms with Gasteiger partial charge >= 0.3 is 0 Å². The lowest BCUT2D eigenvalue weighted by molar-refractivity contribution is -0.113. The van der Waals surface area contributed by atoms with Gasteiger partial charge in [0.2, 0.25) is 11.1 Å². The third-order valence-electron chi connectivity index (χ3n) is 8.14. The number of rotatable bonds is 10. The van der Waals surface area contributed by atoms with Gasteiger partial charge in [0.05, 0.1) is 17.9 Å². The minimum atomic E-state index is -0.609. The number of ether oxygens (including phenoxy) is 1. The van der Waals surface area contributed by atoms with Gasteiger partial charge in [0.1, 0.15) is 17.6 Å². The van der Waals surface area contributed by atoms with Crippen molar-refractivity contribution >= 4 is 40.2 Å². The summed E-state index contributed by atoms with van der Waals surface area (Å²) in [6.07, 6.45) is 2.11. The van der Waals surface area contributed by atoms with Gasteiger partial charge < -0.3 is 19.9 Å². The molecular weight excluding hydrogens is 612 g/mol. The zero-order chi connectivity index (χ0) is 32.3. The zero-order valence-corrected chi connectivity index (χ0v) is 26.8. The van der Waals surface area contributed by atoms with Gasteiger partial charge in [-0.25, -0.2) is 9.07 Å². The lowest BCUT2D eigenvalue weighted by Gasteiger charge is -2.28. The Bertz CT molecular complexity index is 2100. The first kappa shape index (κ1) is 30.3. The number of fused-ring (bicyclic) bond motifs is 2. The van der Waals surface area contributed by atoms with Crippen LogP contribution in [0.1, 0.15) is 36.6 Å². The number of nitrogens with one attached hydrogen (secondary N) is 2. The van der Waals surface area contributed by atoms with E-state index in [1.54, 1.807) is 16.8 Å². The molecule has 47 heavy (non-hydrogen) atoms. The highest BCUT2D eigenvalue weighted by molar-refractivity contribution is 7.98. The molecule has 0 radical (unpaired) electrons. The number of anilines is 2. The molecule has 0 aliphatic carbocycles. The minimum Gasteiger partial charge on any atom is -0.492 e. The number of aromatic nitrogens is 4. The number of para-hydroxylation sites is 3. The van der Waals surface area contributed by atoms with Gasteiger partial charge in [0.15, 0.2) is 0 Å². The average molecular weight is 645 g/mol. The van der Waals surface area contributed by atoms with E-state index in [4.69, 9.17) is 14.8 Å². The number of allylic oxidation sites excluding steroid dienone is 1. The molecule has 2 N–H and O–H groups in total. The van der Waals surface area contributed by atoms with Crippen LogP contribution in [-0.4, -0.2) is 31.8 Å². The van der Waals surface area contributed by atoms with E-state index in [0.29, 0.717) is 58.3 Å². The fourth-order valence-electron chi connectivity index (χ4n) is 5.98. The molecule has 236 valence electrons. The molecule has 1 amide bonds. The third-order valence-corrected chi connectivity index (χ3v) is 9.02. The van der Waals surface area contributed by atoms with E-state index < -0.39 is 6.04 Å². The molecule has 0 saturated carbocycles. The fourth-order valence-corrected chi connectivity index (χ4v) is 6.79. The van der Waals surface area contributed by atoms with Crippen LogP contribution in [0, 0.1) is 5.82 Å². The summed E-state index contributed by atoms with van der Waals surface area (Å²) in [7, 11) is 0. The normalized spacial score (nSPS) is 14.1. The monoisotopic (exact) mass is 644 g/mol. The van der Waals surface area contributed by atoms with Crippen molar-refractivity contribution in [1.82, 2.24) is 19.3 Å². The van der Waals surface area contributed by atoms with Crippen LogP contribution in [0.15, 0.2) is 126 Å². The van der Waals surface area contributed by atoms with Crippen LogP contribution >= 0.6 is 11.8 Å². The molecule has 1 atom stereocenters. The van der Waals surface area contributed by atoms with Crippen LogP contribution in [0.3, 0.4) is 0 Å². The van der Waals surface area contributed by atoms with E-state index >= 15 is 0 Å². The molecule has 6 aromatic rings. The smallest absolute Gasteiger partial charge is 0.255 e. The Balaban J connectivity index is 1.32. The van der Waals surface area contributed by atoms with E-state index in [1.807, 2.05) is 74.5 Å². The van der Waals surface area contributed by atoms with Crippen molar-refractivity contribution in [2.24, 2.45) is 0 Å².